The van der Waals surface area contributed by atoms with E-state index in [1.165, 1.54) is 11.3 Å². The Balaban J connectivity index is 1.58. The molecule has 5 nitrogen and oxygen atoms in total. The van der Waals surface area contributed by atoms with Crippen molar-refractivity contribution in [3.8, 4) is 0 Å². The minimum Gasteiger partial charge on any atom is -0.340 e. The third-order valence-corrected chi connectivity index (χ3v) is 5.90. The Bertz CT molecular complexity index is 467. The summed E-state index contributed by atoms with van der Waals surface area (Å²) in [6, 6.07) is 0.337. The SMILES string of the molecule is CC[C@@H]1CCCCN1C(=O)CCN1C(=O)[C@H]2CCCC[C@H]2C1=O. The summed E-state index contributed by atoms with van der Waals surface area (Å²) in [7, 11) is 0. The van der Waals surface area contributed by atoms with Crippen molar-refractivity contribution >= 4 is 17.7 Å². The topological polar surface area (TPSA) is 57.7 Å². The van der Waals surface area contributed by atoms with Gasteiger partial charge in [-0.1, -0.05) is 19.8 Å². The third-order valence-electron chi connectivity index (χ3n) is 5.90. The number of carbonyl (C=O) groups excluding carboxylic acids is 3. The van der Waals surface area contributed by atoms with E-state index in [0.29, 0.717) is 6.04 Å². The maximum atomic E-state index is 12.5. The summed E-state index contributed by atoms with van der Waals surface area (Å²) >= 11 is 0. The van der Waals surface area contributed by atoms with Crippen LogP contribution in [0.4, 0.5) is 0 Å². The first kappa shape index (κ1) is 16.5. The van der Waals surface area contributed by atoms with Gasteiger partial charge in [-0.25, -0.2) is 0 Å². The molecule has 1 saturated carbocycles. The minimum atomic E-state index is -0.107. The molecule has 2 heterocycles. The van der Waals surface area contributed by atoms with Gasteiger partial charge in [0.05, 0.1) is 11.8 Å². The van der Waals surface area contributed by atoms with E-state index in [4.69, 9.17) is 0 Å². The molecule has 3 rings (SSSR count). The van der Waals surface area contributed by atoms with Crippen LogP contribution in [0, 0.1) is 11.8 Å². The lowest BCUT2D eigenvalue weighted by molar-refractivity contribution is -0.141. The lowest BCUT2D eigenvalue weighted by Gasteiger charge is -2.35. The fourth-order valence-corrected chi connectivity index (χ4v) is 4.56. The van der Waals surface area contributed by atoms with Crippen LogP contribution in [-0.2, 0) is 14.4 Å². The Kier molecular flexibility index (Phi) is 5.02. The van der Waals surface area contributed by atoms with Crippen molar-refractivity contribution in [3.63, 3.8) is 0 Å². The van der Waals surface area contributed by atoms with Crippen LogP contribution < -0.4 is 0 Å². The summed E-state index contributed by atoms with van der Waals surface area (Å²) in [5, 5.41) is 0. The number of nitrogens with zero attached hydrogens (tertiary/aromatic N) is 2. The van der Waals surface area contributed by atoms with Gasteiger partial charge in [-0.15, -0.1) is 0 Å². The summed E-state index contributed by atoms with van der Waals surface area (Å²) in [6.45, 7) is 3.22. The van der Waals surface area contributed by atoms with Crippen molar-refractivity contribution in [1.29, 1.82) is 0 Å². The number of amides is 3. The highest BCUT2D eigenvalue weighted by Crippen LogP contribution is 2.38. The molecule has 128 valence electrons. The van der Waals surface area contributed by atoms with E-state index in [9.17, 15) is 14.4 Å². The molecule has 0 aromatic carbocycles. The molecule has 0 aromatic heterocycles. The van der Waals surface area contributed by atoms with Gasteiger partial charge in [-0.2, -0.15) is 0 Å². The van der Waals surface area contributed by atoms with Gasteiger partial charge in [-0.05, 0) is 38.5 Å². The standard InChI is InChI=1S/C18H28N2O3/c1-2-13-7-5-6-11-19(13)16(21)10-12-20-17(22)14-8-3-4-9-15(14)18(20)23/h13-15H,2-12H2,1H3/t13-,14-,15+/m1/s1. The highest BCUT2D eigenvalue weighted by Gasteiger charge is 2.47. The van der Waals surface area contributed by atoms with E-state index in [1.807, 2.05) is 4.90 Å². The number of fused-ring (bicyclic) bond motifs is 1. The Morgan fingerprint density at radius 3 is 2.22 bits per heavy atom. The monoisotopic (exact) mass is 320 g/mol. The van der Waals surface area contributed by atoms with Crippen molar-refractivity contribution in [2.24, 2.45) is 11.8 Å². The highest BCUT2D eigenvalue weighted by atomic mass is 16.2. The molecule has 2 aliphatic heterocycles. The molecule has 23 heavy (non-hydrogen) atoms. The second kappa shape index (κ2) is 7.02. The van der Waals surface area contributed by atoms with Gasteiger partial charge >= 0.3 is 0 Å². The molecule has 0 N–H and O–H groups in total. The van der Waals surface area contributed by atoms with Crippen LogP contribution in [0.25, 0.3) is 0 Å². The van der Waals surface area contributed by atoms with Crippen LogP contribution in [-0.4, -0.2) is 46.7 Å². The largest absolute Gasteiger partial charge is 0.340 e. The van der Waals surface area contributed by atoms with E-state index in [0.717, 1.165) is 51.5 Å². The number of carbonyl (C=O) groups is 3. The van der Waals surface area contributed by atoms with E-state index in [2.05, 4.69) is 6.92 Å². The van der Waals surface area contributed by atoms with Gasteiger partial charge in [-0.3, -0.25) is 19.3 Å². The maximum absolute atomic E-state index is 12.5. The van der Waals surface area contributed by atoms with Crippen molar-refractivity contribution in [2.45, 2.75) is 70.8 Å². The normalized spacial score (nSPS) is 31.4. The van der Waals surface area contributed by atoms with Gasteiger partial charge in [0.2, 0.25) is 17.7 Å². The third kappa shape index (κ3) is 3.15. The van der Waals surface area contributed by atoms with Gasteiger partial charge in [0.25, 0.3) is 0 Å². The van der Waals surface area contributed by atoms with Gasteiger partial charge in [0.15, 0.2) is 0 Å². The zero-order valence-corrected chi connectivity index (χ0v) is 14.1. The number of likely N-dealkylation sites (tertiary alicyclic amines) is 2. The molecule has 3 fully saturated rings. The molecule has 3 atom stereocenters. The summed E-state index contributed by atoms with van der Waals surface area (Å²) in [5.41, 5.74) is 0. The lowest BCUT2D eigenvalue weighted by Crippen LogP contribution is -2.45. The number of rotatable bonds is 4. The second-order valence-corrected chi connectivity index (χ2v) is 7.22. The number of piperidine rings is 1. The number of hydrogen-bond donors (Lipinski definition) is 0. The molecule has 3 aliphatic rings. The first-order valence-corrected chi connectivity index (χ1v) is 9.28. The Hall–Kier alpha value is -1.39. The van der Waals surface area contributed by atoms with E-state index < -0.39 is 0 Å². The van der Waals surface area contributed by atoms with E-state index in [-0.39, 0.29) is 42.5 Å². The summed E-state index contributed by atoms with van der Waals surface area (Å²) in [6.07, 6.45) is 8.35. The average Bonchev–Trinajstić information content (AvgIpc) is 2.84. The fraction of sp³-hybridized carbons (Fsp3) is 0.833. The summed E-state index contributed by atoms with van der Waals surface area (Å²) < 4.78 is 0. The fourth-order valence-electron chi connectivity index (χ4n) is 4.56. The Morgan fingerprint density at radius 2 is 1.61 bits per heavy atom. The zero-order valence-electron chi connectivity index (χ0n) is 14.1. The molecular formula is C18H28N2O3. The smallest absolute Gasteiger partial charge is 0.233 e. The van der Waals surface area contributed by atoms with Crippen LogP contribution in [0.5, 0.6) is 0 Å². The van der Waals surface area contributed by atoms with Crippen molar-refractivity contribution in [2.75, 3.05) is 13.1 Å². The van der Waals surface area contributed by atoms with Crippen LogP contribution >= 0.6 is 0 Å². The quantitative estimate of drug-likeness (QED) is 0.747. The second-order valence-electron chi connectivity index (χ2n) is 7.22. The molecule has 0 bridgehead atoms. The van der Waals surface area contributed by atoms with Gasteiger partial charge < -0.3 is 4.90 Å². The first-order valence-electron chi connectivity index (χ1n) is 9.28. The average molecular weight is 320 g/mol. The predicted molar refractivity (Wildman–Crippen MR) is 86.4 cm³/mol. The molecule has 1 aliphatic carbocycles. The maximum Gasteiger partial charge on any atom is 0.233 e. The lowest BCUT2D eigenvalue weighted by atomic mass is 9.81. The molecule has 3 amide bonds. The highest BCUT2D eigenvalue weighted by molar-refractivity contribution is 6.05. The van der Waals surface area contributed by atoms with Gasteiger partial charge in [0.1, 0.15) is 0 Å². The van der Waals surface area contributed by atoms with Crippen LogP contribution in [0.1, 0.15) is 64.7 Å². The zero-order chi connectivity index (χ0) is 16.4. The Morgan fingerprint density at radius 1 is 1.00 bits per heavy atom. The molecule has 0 radical (unpaired) electrons. The number of imide groups is 1. The minimum absolute atomic E-state index is 0.0295. The summed E-state index contributed by atoms with van der Waals surface area (Å²) in [4.78, 5) is 40.8. The predicted octanol–water partition coefficient (Wildman–Crippen LogP) is 2.34. The van der Waals surface area contributed by atoms with Gasteiger partial charge in [0, 0.05) is 25.6 Å². The van der Waals surface area contributed by atoms with Crippen molar-refractivity contribution in [1.82, 2.24) is 9.80 Å². The molecule has 0 unspecified atom stereocenters. The van der Waals surface area contributed by atoms with Crippen LogP contribution in [0.3, 0.4) is 0 Å². The van der Waals surface area contributed by atoms with Crippen LogP contribution in [0.2, 0.25) is 0 Å². The number of hydrogen-bond acceptors (Lipinski definition) is 3. The first-order chi connectivity index (χ1) is 11.1. The van der Waals surface area contributed by atoms with E-state index in [1.54, 1.807) is 0 Å². The van der Waals surface area contributed by atoms with Crippen LogP contribution in [0.15, 0.2) is 0 Å². The van der Waals surface area contributed by atoms with E-state index >= 15 is 0 Å². The molecular weight excluding hydrogens is 292 g/mol. The Labute approximate surface area is 138 Å². The molecule has 2 saturated heterocycles. The van der Waals surface area contributed by atoms with Crippen molar-refractivity contribution < 1.29 is 14.4 Å². The summed E-state index contributed by atoms with van der Waals surface area (Å²) in [5.74, 6) is -0.169. The molecule has 0 spiro atoms. The molecule has 5 heteroatoms. The van der Waals surface area contributed by atoms with Crippen molar-refractivity contribution in [3.05, 3.63) is 0 Å². The molecule has 0 aromatic rings.